The molecule has 0 N–H and O–H groups in total. The molecule has 0 heterocycles. The van der Waals surface area contributed by atoms with Crippen LogP contribution < -0.4 is 4.74 Å². The lowest BCUT2D eigenvalue weighted by atomic mass is 9.96. The molecule has 1 aliphatic rings. The average Bonchev–Trinajstić information content (AvgIpc) is 3.14. The van der Waals surface area contributed by atoms with E-state index < -0.39 is 5.24 Å². The molecule has 0 unspecified atom stereocenters. The summed E-state index contributed by atoms with van der Waals surface area (Å²) in [6.07, 6.45) is 0.964. The van der Waals surface area contributed by atoms with Crippen LogP contribution in [0.25, 0.3) is 22.3 Å². The topological polar surface area (TPSA) is 26.3 Å². The minimum absolute atomic E-state index is 0.452. The molecule has 0 saturated heterocycles. The Morgan fingerprint density at radius 3 is 2.03 bits per heavy atom. The molecule has 29 heavy (non-hydrogen) atoms. The lowest BCUT2D eigenvalue weighted by Crippen LogP contribution is -1.90. The molecule has 0 amide bonds. The molecule has 5 rings (SSSR count). The Labute approximate surface area is 174 Å². The van der Waals surface area contributed by atoms with Crippen LogP contribution in [0.1, 0.15) is 21.5 Å². The first-order valence-corrected chi connectivity index (χ1v) is 9.85. The number of carbonyl (C=O) groups excluding carboxylic acids is 1. The van der Waals surface area contributed by atoms with Crippen molar-refractivity contribution in [2.75, 3.05) is 0 Å². The van der Waals surface area contributed by atoms with Crippen molar-refractivity contribution >= 4 is 16.8 Å². The summed E-state index contributed by atoms with van der Waals surface area (Å²) in [5.74, 6) is 1.41. The summed E-state index contributed by atoms with van der Waals surface area (Å²) in [5.41, 5.74) is 8.31. The van der Waals surface area contributed by atoms with Gasteiger partial charge in [0.05, 0.1) is 0 Å². The second kappa shape index (κ2) is 7.23. The van der Waals surface area contributed by atoms with E-state index in [-0.39, 0.29) is 0 Å². The van der Waals surface area contributed by atoms with Gasteiger partial charge in [0.2, 0.25) is 0 Å². The summed E-state index contributed by atoms with van der Waals surface area (Å²) in [7, 11) is 0. The first-order chi connectivity index (χ1) is 14.2. The summed E-state index contributed by atoms with van der Waals surface area (Å²) >= 11 is 5.48. The number of ether oxygens (including phenoxy) is 1. The molecule has 0 aliphatic heterocycles. The predicted octanol–water partition coefficient (Wildman–Crippen LogP) is 7.10. The maximum atomic E-state index is 11.2. The van der Waals surface area contributed by atoms with Crippen molar-refractivity contribution in [1.82, 2.24) is 0 Å². The quantitative estimate of drug-likeness (QED) is 0.303. The average molecular weight is 397 g/mol. The van der Waals surface area contributed by atoms with Crippen molar-refractivity contribution < 1.29 is 9.53 Å². The Morgan fingerprint density at radius 2 is 1.31 bits per heavy atom. The molecule has 140 valence electrons. The zero-order valence-electron chi connectivity index (χ0n) is 15.6. The van der Waals surface area contributed by atoms with Gasteiger partial charge in [-0.3, -0.25) is 4.79 Å². The van der Waals surface area contributed by atoms with Crippen LogP contribution in [0, 0.1) is 0 Å². The van der Waals surface area contributed by atoms with Gasteiger partial charge in [-0.2, -0.15) is 0 Å². The third-order valence-corrected chi connectivity index (χ3v) is 5.55. The first kappa shape index (κ1) is 17.7. The molecule has 2 nitrogen and oxygen atoms in total. The highest BCUT2D eigenvalue weighted by atomic mass is 35.5. The van der Waals surface area contributed by atoms with E-state index in [9.17, 15) is 4.79 Å². The van der Waals surface area contributed by atoms with E-state index in [1.54, 1.807) is 24.3 Å². The monoisotopic (exact) mass is 396 g/mol. The Balaban J connectivity index is 1.41. The minimum Gasteiger partial charge on any atom is -0.457 e. The highest BCUT2D eigenvalue weighted by molar-refractivity contribution is 6.67. The van der Waals surface area contributed by atoms with Gasteiger partial charge in [-0.15, -0.1) is 0 Å². The van der Waals surface area contributed by atoms with E-state index in [4.69, 9.17) is 16.3 Å². The highest BCUT2D eigenvalue weighted by Crippen LogP contribution is 2.41. The number of rotatable bonds is 4. The standard InChI is InChI=1S/C26H17ClO2/c27-26(28)18-10-14-21(15-11-18)29-20-12-8-17(9-13-20)22-6-3-7-24-23-5-2-1-4-19(23)16-25(22)24/h1-15H,16H2. The Hall–Kier alpha value is -3.36. The third kappa shape index (κ3) is 3.32. The molecule has 0 fully saturated rings. The van der Waals surface area contributed by atoms with Crippen molar-refractivity contribution in [3.8, 4) is 33.8 Å². The van der Waals surface area contributed by atoms with Crippen LogP contribution in [-0.4, -0.2) is 5.24 Å². The predicted molar refractivity (Wildman–Crippen MR) is 117 cm³/mol. The Kier molecular flexibility index (Phi) is 4.42. The molecule has 4 aromatic carbocycles. The minimum atomic E-state index is -0.474. The number of halogens is 1. The SMILES string of the molecule is O=C(Cl)c1ccc(Oc2ccc(-c3cccc4c3Cc3ccccc3-4)cc2)cc1. The second-order valence-electron chi connectivity index (χ2n) is 7.09. The van der Waals surface area contributed by atoms with Gasteiger partial charge in [0.25, 0.3) is 5.24 Å². The largest absolute Gasteiger partial charge is 0.457 e. The summed E-state index contributed by atoms with van der Waals surface area (Å²) < 4.78 is 5.89. The molecule has 3 heteroatoms. The van der Waals surface area contributed by atoms with Crippen LogP contribution in [0.15, 0.2) is 91.0 Å². The molecule has 0 aromatic heterocycles. The molecule has 4 aromatic rings. The number of hydrogen-bond donors (Lipinski definition) is 0. The molecule has 0 saturated carbocycles. The van der Waals surface area contributed by atoms with E-state index in [0.717, 1.165) is 12.2 Å². The summed E-state index contributed by atoms with van der Waals surface area (Å²) in [5, 5.41) is -0.474. The van der Waals surface area contributed by atoms with Gasteiger partial charge in [0, 0.05) is 5.56 Å². The van der Waals surface area contributed by atoms with Crippen LogP contribution in [0.2, 0.25) is 0 Å². The van der Waals surface area contributed by atoms with Crippen LogP contribution in [0.5, 0.6) is 11.5 Å². The molecule has 1 aliphatic carbocycles. The third-order valence-electron chi connectivity index (χ3n) is 5.33. The van der Waals surface area contributed by atoms with Crippen LogP contribution in [0.4, 0.5) is 0 Å². The number of benzene rings is 4. The van der Waals surface area contributed by atoms with Crippen molar-refractivity contribution in [1.29, 1.82) is 0 Å². The van der Waals surface area contributed by atoms with Gasteiger partial charge in [0.1, 0.15) is 11.5 Å². The van der Waals surface area contributed by atoms with Crippen LogP contribution >= 0.6 is 11.6 Å². The van der Waals surface area contributed by atoms with Crippen molar-refractivity contribution in [2.24, 2.45) is 0 Å². The fraction of sp³-hybridized carbons (Fsp3) is 0.0385. The number of carbonyl (C=O) groups is 1. The van der Waals surface area contributed by atoms with Gasteiger partial charge in [-0.05, 0) is 87.8 Å². The van der Waals surface area contributed by atoms with Gasteiger partial charge in [-0.25, -0.2) is 0 Å². The lowest BCUT2D eigenvalue weighted by molar-refractivity contribution is 0.108. The summed E-state index contributed by atoms with van der Waals surface area (Å²) in [4.78, 5) is 11.2. The molecule has 0 radical (unpaired) electrons. The van der Waals surface area contributed by atoms with E-state index >= 15 is 0 Å². The van der Waals surface area contributed by atoms with Crippen LogP contribution in [-0.2, 0) is 6.42 Å². The van der Waals surface area contributed by atoms with Gasteiger partial charge >= 0.3 is 0 Å². The first-order valence-electron chi connectivity index (χ1n) is 9.47. The Morgan fingerprint density at radius 1 is 0.690 bits per heavy atom. The van der Waals surface area contributed by atoms with Crippen molar-refractivity contribution in [2.45, 2.75) is 6.42 Å². The summed E-state index contributed by atoms with van der Waals surface area (Å²) in [6.45, 7) is 0. The van der Waals surface area contributed by atoms with E-state index in [1.807, 2.05) is 12.1 Å². The molecular formula is C26H17ClO2. The zero-order chi connectivity index (χ0) is 19.8. The maximum Gasteiger partial charge on any atom is 0.252 e. The molecule has 0 bridgehead atoms. The zero-order valence-corrected chi connectivity index (χ0v) is 16.3. The smallest absolute Gasteiger partial charge is 0.252 e. The van der Waals surface area contributed by atoms with E-state index in [1.165, 1.54) is 33.4 Å². The summed E-state index contributed by atoms with van der Waals surface area (Å²) in [6, 6.07) is 30.0. The molecule has 0 spiro atoms. The van der Waals surface area contributed by atoms with Crippen LogP contribution in [0.3, 0.4) is 0 Å². The van der Waals surface area contributed by atoms with Gasteiger partial charge in [-0.1, -0.05) is 54.6 Å². The lowest BCUT2D eigenvalue weighted by Gasteiger charge is -2.11. The van der Waals surface area contributed by atoms with E-state index in [2.05, 4.69) is 54.6 Å². The fourth-order valence-electron chi connectivity index (χ4n) is 3.92. The Bertz CT molecular complexity index is 1210. The highest BCUT2D eigenvalue weighted by Gasteiger charge is 2.20. The maximum absolute atomic E-state index is 11.2. The number of hydrogen-bond acceptors (Lipinski definition) is 2. The molecule has 0 atom stereocenters. The van der Waals surface area contributed by atoms with Crippen molar-refractivity contribution in [3.05, 3.63) is 108 Å². The normalized spacial score (nSPS) is 11.6. The fourth-order valence-corrected chi connectivity index (χ4v) is 4.05. The van der Waals surface area contributed by atoms with Crippen molar-refractivity contribution in [3.63, 3.8) is 0 Å². The van der Waals surface area contributed by atoms with Gasteiger partial charge < -0.3 is 4.74 Å². The second-order valence-corrected chi connectivity index (χ2v) is 7.43. The number of fused-ring (bicyclic) bond motifs is 3. The molecular weight excluding hydrogens is 380 g/mol. The van der Waals surface area contributed by atoms with Gasteiger partial charge in [0.15, 0.2) is 0 Å². The van der Waals surface area contributed by atoms with E-state index in [0.29, 0.717) is 11.3 Å².